The van der Waals surface area contributed by atoms with Crippen molar-refractivity contribution in [2.24, 2.45) is 0 Å². The van der Waals surface area contributed by atoms with Gasteiger partial charge in [-0.1, -0.05) is 42.5 Å². The van der Waals surface area contributed by atoms with Crippen LogP contribution in [0.1, 0.15) is 12.5 Å². The molecule has 1 amide bonds. The molecule has 5 heteroatoms. The molecule has 0 saturated carbocycles. The third kappa shape index (κ3) is 5.01. The molecule has 1 atom stereocenters. The lowest BCUT2D eigenvalue weighted by atomic mass is 10.1. The fourth-order valence-corrected chi connectivity index (χ4v) is 2.52. The van der Waals surface area contributed by atoms with Crippen LogP contribution in [-0.2, 0) is 14.3 Å². The van der Waals surface area contributed by atoms with Crippen LogP contribution >= 0.6 is 0 Å². The van der Waals surface area contributed by atoms with Crippen molar-refractivity contribution in [1.82, 2.24) is 0 Å². The van der Waals surface area contributed by atoms with Gasteiger partial charge in [-0.25, -0.2) is 9.18 Å². The number of hydrogen-bond acceptors (Lipinski definition) is 3. The van der Waals surface area contributed by atoms with E-state index < -0.39 is 18.0 Å². The third-order valence-electron chi connectivity index (χ3n) is 3.96. The number of benzene rings is 3. The van der Waals surface area contributed by atoms with E-state index >= 15 is 0 Å². The molecule has 0 aromatic heterocycles. The van der Waals surface area contributed by atoms with E-state index in [1.165, 1.54) is 43.3 Å². The summed E-state index contributed by atoms with van der Waals surface area (Å²) >= 11 is 0. The SMILES string of the molecule is C[C@H](OC(=O)/C=C/c1ccc(F)cc1)C(=O)Nc1ccc2ccccc2c1. The number of carbonyl (C=O) groups excluding carboxylic acids is 2. The van der Waals surface area contributed by atoms with E-state index in [9.17, 15) is 14.0 Å². The molecule has 27 heavy (non-hydrogen) atoms. The van der Waals surface area contributed by atoms with E-state index in [0.717, 1.165) is 10.8 Å². The maximum Gasteiger partial charge on any atom is 0.331 e. The van der Waals surface area contributed by atoms with Gasteiger partial charge in [0.2, 0.25) is 0 Å². The van der Waals surface area contributed by atoms with Gasteiger partial charge in [0.1, 0.15) is 5.82 Å². The molecule has 0 fully saturated rings. The van der Waals surface area contributed by atoms with E-state index in [-0.39, 0.29) is 5.82 Å². The van der Waals surface area contributed by atoms with Gasteiger partial charge in [0.25, 0.3) is 5.91 Å². The summed E-state index contributed by atoms with van der Waals surface area (Å²) in [5, 5.41) is 4.81. The molecule has 4 nitrogen and oxygen atoms in total. The molecule has 0 saturated heterocycles. The van der Waals surface area contributed by atoms with Crippen molar-refractivity contribution in [2.45, 2.75) is 13.0 Å². The van der Waals surface area contributed by atoms with Gasteiger partial charge in [0.05, 0.1) is 0 Å². The second kappa shape index (κ2) is 8.27. The van der Waals surface area contributed by atoms with Crippen molar-refractivity contribution < 1.29 is 18.7 Å². The Bertz CT molecular complexity index is 996. The van der Waals surface area contributed by atoms with Crippen LogP contribution in [0.4, 0.5) is 10.1 Å². The van der Waals surface area contributed by atoms with Crippen molar-refractivity contribution in [1.29, 1.82) is 0 Å². The Labute approximate surface area is 156 Å². The number of esters is 1. The lowest BCUT2D eigenvalue weighted by Gasteiger charge is -2.13. The quantitative estimate of drug-likeness (QED) is 0.534. The van der Waals surface area contributed by atoms with Crippen LogP contribution in [0.5, 0.6) is 0 Å². The van der Waals surface area contributed by atoms with Crippen molar-refractivity contribution in [2.75, 3.05) is 5.32 Å². The molecule has 0 aliphatic rings. The molecule has 0 bridgehead atoms. The minimum absolute atomic E-state index is 0.353. The largest absolute Gasteiger partial charge is 0.449 e. The first-order valence-electron chi connectivity index (χ1n) is 8.45. The van der Waals surface area contributed by atoms with Crippen LogP contribution in [0.15, 0.2) is 72.8 Å². The number of amides is 1. The van der Waals surface area contributed by atoms with Gasteiger partial charge >= 0.3 is 5.97 Å². The highest BCUT2D eigenvalue weighted by molar-refractivity contribution is 5.98. The summed E-state index contributed by atoms with van der Waals surface area (Å²) in [6.45, 7) is 1.50. The van der Waals surface area contributed by atoms with Gasteiger partial charge in [-0.05, 0) is 53.6 Å². The van der Waals surface area contributed by atoms with E-state index in [0.29, 0.717) is 11.3 Å². The lowest BCUT2D eigenvalue weighted by Crippen LogP contribution is -2.29. The minimum Gasteiger partial charge on any atom is -0.449 e. The smallest absolute Gasteiger partial charge is 0.331 e. The Balaban J connectivity index is 1.57. The van der Waals surface area contributed by atoms with Crippen LogP contribution in [0.2, 0.25) is 0 Å². The molecule has 0 unspecified atom stereocenters. The summed E-state index contributed by atoms with van der Waals surface area (Å²) in [6, 6.07) is 19.0. The second-order valence-electron chi connectivity index (χ2n) is 6.02. The maximum atomic E-state index is 12.9. The number of ether oxygens (including phenoxy) is 1. The Hall–Kier alpha value is -3.47. The Morgan fingerprint density at radius 2 is 1.70 bits per heavy atom. The van der Waals surface area contributed by atoms with Crippen LogP contribution in [0.3, 0.4) is 0 Å². The monoisotopic (exact) mass is 363 g/mol. The van der Waals surface area contributed by atoms with Crippen molar-refractivity contribution >= 4 is 34.4 Å². The molecule has 3 aromatic rings. The third-order valence-corrected chi connectivity index (χ3v) is 3.96. The first-order chi connectivity index (χ1) is 13.0. The first kappa shape index (κ1) is 18.3. The number of rotatable bonds is 5. The standard InChI is InChI=1S/C22H18FNO3/c1-15(27-21(25)13-8-16-6-10-19(23)11-7-16)22(26)24-20-12-9-17-4-2-3-5-18(17)14-20/h2-15H,1H3,(H,24,26)/b13-8+/t15-/m0/s1. The summed E-state index contributed by atoms with van der Waals surface area (Å²) < 4.78 is 18.0. The number of nitrogens with one attached hydrogen (secondary N) is 1. The predicted octanol–water partition coefficient (Wildman–Crippen LogP) is 4.56. The van der Waals surface area contributed by atoms with Crippen molar-refractivity contribution in [3.05, 3.63) is 84.2 Å². The average Bonchev–Trinajstić information content (AvgIpc) is 2.67. The second-order valence-corrected chi connectivity index (χ2v) is 6.02. The number of hydrogen-bond donors (Lipinski definition) is 1. The lowest BCUT2D eigenvalue weighted by molar-refractivity contribution is -0.148. The Morgan fingerprint density at radius 1 is 1.00 bits per heavy atom. The first-order valence-corrected chi connectivity index (χ1v) is 8.45. The molecule has 0 heterocycles. The van der Waals surface area contributed by atoms with E-state index in [1.807, 2.05) is 36.4 Å². The van der Waals surface area contributed by atoms with Crippen LogP contribution < -0.4 is 5.32 Å². The number of anilines is 1. The average molecular weight is 363 g/mol. The van der Waals surface area contributed by atoms with Crippen LogP contribution in [0, 0.1) is 5.82 Å². The molecule has 3 rings (SSSR count). The van der Waals surface area contributed by atoms with Gasteiger partial charge < -0.3 is 10.1 Å². The molecule has 0 aliphatic carbocycles. The molecule has 0 aliphatic heterocycles. The summed E-state index contributed by atoms with van der Waals surface area (Å²) in [5.74, 6) is -1.43. The highest BCUT2D eigenvalue weighted by Crippen LogP contribution is 2.19. The minimum atomic E-state index is -0.957. The zero-order chi connectivity index (χ0) is 19.2. The fourth-order valence-electron chi connectivity index (χ4n) is 2.52. The van der Waals surface area contributed by atoms with Gasteiger partial charge in [-0.2, -0.15) is 0 Å². The van der Waals surface area contributed by atoms with Crippen molar-refractivity contribution in [3.8, 4) is 0 Å². The van der Waals surface area contributed by atoms with Gasteiger partial charge in [-0.3, -0.25) is 4.79 Å². The molecule has 0 spiro atoms. The van der Waals surface area contributed by atoms with Gasteiger partial charge in [-0.15, -0.1) is 0 Å². The predicted molar refractivity (Wildman–Crippen MR) is 104 cm³/mol. The van der Waals surface area contributed by atoms with E-state index in [1.54, 1.807) is 6.07 Å². The number of carbonyl (C=O) groups is 2. The molecule has 1 N–H and O–H groups in total. The number of fused-ring (bicyclic) bond motifs is 1. The van der Waals surface area contributed by atoms with Crippen molar-refractivity contribution in [3.63, 3.8) is 0 Å². The highest BCUT2D eigenvalue weighted by Gasteiger charge is 2.16. The van der Waals surface area contributed by atoms with Gasteiger partial charge in [0.15, 0.2) is 6.10 Å². The molecule has 136 valence electrons. The fraction of sp³-hybridized carbons (Fsp3) is 0.0909. The van der Waals surface area contributed by atoms with E-state index in [2.05, 4.69) is 5.32 Å². The topological polar surface area (TPSA) is 55.4 Å². The highest BCUT2D eigenvalue weighted by atomic mass is 19.1. The van der Waals surface area contributed by atoms with Crippen LogP contribution in [-0.4, -0.2) is 18.0 Å². The Kier molecular flexibility index (Phi) is 5.61. The number of halogens is 1. The molecular formula is C22H18FNO3. The van der Waals surface area contributed by atoms with Gasteiger partial charge in [0, 0.05) is 11.8 Å². The normalized spacial score (nSPS) is 12.1. The maximum absolute atomic E-state index is 12.9. The summed E-state index contributed by atoms with van der Waals surface area (Å²) in [4.78, 5) is 24.1. The zero-order valence-corrected chi connectivity index (χ0v) is 14.7. The Morgan fingerprint density at radius 3 is 2.44 bits per heavy atom. The molecular weight excluding hydrogens is 345 g/mol. The summed E-state index contributed by atoms with van der Waals surface area (Å²) in [6.07, 6.45) is 1.74. The van der Waals surface area contributed by atoms with E-state index in [4.69, 9.17) is 4.74 Å². The molecule has 0 radical (unpaired) electrons. The van der Waals surface area contributed by atoms with Crippen LogP contribution in [0.25, 0.3) is 16.8 Å². The summed E-state index contributed by atoms with van der Waals surface area (Å²) in [7, 11) is 0. The summed E-state index contributed by atoms with van der Waals surface area (Å²) in [5.41, 5.74) is 1.28. The zero-order valence-electron chi connectivity index (χ0n) is 14.7. The molecule has 3 aromatic carbocycles.